The molecule has 2 N–H and O–H groups in total. The van der Waals surface area contributed by atoms with Gasteiger partial charge < -0.3 is 5.73 Å². The van der Waals surface area contributed by atoms with E-state index in [-0.39, 0.29) is 6.04 Å². The monoisotopic (exact) mass is 276 g/mol. The Morgan fingerprint density at radius 2 is 1.76 bits per heavy atom. The standard InChI is InChI=1S/C19H20N2/c1-13-9-14(2)11-15(10-13)12-18(20)16-5-3-7-19-17(16)6-4-8-21-19/h3-11,18H,12,20H2,1-2H3. The van der Waals surface area contributed by atoms with Gasteiger partial charge in [0.05, 0.1) is 5.52 Å². The van der Waals surface area contributed by atoms with E-state index in [1.54, 1.807) is 0 Å². The zero-order valence-electron chi connectivity index (χ0n) is 12.5. The van der Waals surface area contributed by atoms with Crippen molar-refractivity contribution in [2.45, 2.75) is 26.3 Å². The Hall–Kier alpha value is -2.19. The molecule has 3 aromatic rings. The van der Waals surface area contributed by atoms with Crippen molar-refractivity contribution in [3.05, 3.63) is 77.0 Å². The first-order valence-electron chi connectivity index (χ1n) is 7.30. The average molecular weight is 276 g/mol. The van der Waals surface area contributed by atoms with Gasteiger partial charge in [0.2, 0.25) is 0 Å². The number of rotatable bonds is 3. The van der Waals surface area contributed by atoms with Gasteiger partial charge >= 0.3 is 0 Å². The summed E-state index contributed by atoms with van der Waals surface area (Å²) in [7, 11) is 0. The first-order valence-corrected chi connectivity index (χ1v) is 7.30. The summed E-state index contributed by atoms with van der Waals surface area (Å²) in [6.07, 6.45) is 2.66. The number of nitrogens with two attached hydrogens (primary N) is 1. The molecule has 2 nitrogen and oxygen atoms in total. The van der Waals surface area contributed by atoms with Crippen LogP contribution in [0.25, 0.3) is 10.9 Å². The van der Waals surface area contributed by atoms with E-state index in [1.807, 2.05) is 24.4 Å². The van der Waals surface area contributed by atoms with E-state index in [0.29, 0.717) is 0 Å². The Kier molecular flexibility index (Phi) is 3.72. The summed E-state index contributed by atoms with van der Waals surface area (Å²) < 4.78 is 0. The van der Waals surface area contributed by atoms with E-state index in [1.165, 1.54) is 22.3 Å². The lowest BCUT2D eigenvalue weighted by Gasteiger charge is -2.15. The maximum Gasteiger partial charge on any atom is 0.0705 e. The SMILES string of the molecule is Cc1cc(C)cc(CC(N)c2cccc3ncccc23)c1. The van der Waals surface area contributed by atoms with E-state index >= 15 is 0 Å². The van der Waals surface area contributed by atoms with Gasteiger partial charge in [0.1, 0.15) is 0 Å². The molecule has 0 bridgehead atoms. The van der Waals surface area contributed by atoms with Crippen LogP contribution in [0.4, 0.5) is 0 Å². The second-order valence-electron chi connectivity index (χ2n) is 5.72. The molecule has 2 heteroatoms. The highest BCUT2D eigenvalue weighted by molar-refractivity contribution is 5.82. The summed E-state index contributed by atoms with van der Waals surface area (Å²) in [5.41, 5.74) is 12.5. The number of aromatic nitrogens is 1. The lowest BCUT2D eigenvalue weighted by atomic mass is 9.95. The molecule has 3 rings (SSSR count). The van der Waals surface area contributed by atoms with Crippen LogP contribution >= 0.6 is 0 Å². The van der Waals surface area contributed by atoms with Crippen LogP contribution < -0.4 is 5.73 Å². The van der Waals surface area contributed by atoms with Crippen molar-refractivity contribution in [2.75, 3.05) is 0 Å². The van der Waals surface area contributed by atoms with Gasteiger partial charge in [-0.15, -0.1) is 0 Å². The van der Waals surface area contributed by atoms with Gasteiger partial charge in [-0.05, 0) is 43.5 Å². The van der Waals surface area contributed by atoms with Gasteiger partial charge in [-0.3, -0.25) is 4.98 Å². The fourth-order valence-corrected chi connectivity index (χ4v) is 3.00. The normalized spacial score (nSPS) is 12.5. The Balaban J connectivity index is 1.95. The van der Waals surface area contributed by atoms with E-state index in [4.69, 9.17) is 5.73 Å². The number of pyridine rings is 1. The molecule has 1 unspecified atom stereocenters. The van der Waals surface area contributed by atoms with Crippen LogP contribution in [0.1, 0.15) is 28.3 Å². The van der Waals surface area contributed by atoms with Gasteiger partial charge in [0.15, 0.2) is 0 Å². The molecule has 0 fully saturated rings. The molecule has 1 heterocycles. The van der Waals surface area contributed by atoms with Gasteiger partial charge in [-0.1, -0.05) is 47.5 Å². The maximum atomic E-state index is 6.47. The third-order valence-corrected chi connectivity index (χ3v) is 3.82. The molecule has 0 aliphatic heterocycles. The summed E-state index contributed by atoms with van der Waals surface area (Å²) in [5.74, 6) is 0. The molecule has 0 aliphatic carbocycles. The molecule has 0 amide bonds. The molecule has 106 valence electrons. The number of fused-ring (bicyclic) bond motifs is 1. The third kappa shape index (κ3) is 2.96. The Morgan fingerprint density at radius 1 is 1.00 bits per heavy atom. The number of benzene rings is 2. The average Bonchev–Trinajstić information content (AvgIpc) is 2.45. The molecule has 0 radical (unpaired) electrons. The zero-order chi connectivity index (χ0) is 14.8. The van der Waals surface area contributed by atoms with Crippen molar-refractivity contribution in [2.24, 2.45) is 5.73 Å². The van der Waals surface area contributed by atoms with Crippen LogP contribution in [0.5, 0.6) is 0 Å². The Morgan fingerprint density at radius 3 is 2.52 bits per heavy atom. The van der Waals surface area contributed by atoms with E-state index in [2.05, 4.69) is 49.2 Å². The molecule has 0 saturated carbocycles. The number of nitrogens with zero attached hydrogens (tertiary/aromatic N) is 1. The highest BCUT2D eigenvalue weighted by atomic mass is 14.7. The molecule has 2 aromatic carbocycles. The minimum atomic E-state index is -0.0147. The van der Waals surface area contributed by atoms with Crippen LogP contribution in [0.15, 0.2) is 54.7 Å². The first-order chi connectivity index (χ1) is 10.1. The molecule has 0 aliphatic rings. The number of hydrogen-bond acceptors (Lipinski definition) is 2. The number of hydrogen-bond donors (Lipinski definition) is 1. The summed E-state index contributed by atoms with van der Waals surface area (Å²) in [6, 6.07) is 16.8. The van der Waals surface area contributed by atoms with Gasteiger partial charge in [-0.2, -0.15) is 0 Å². The number of aryl methyl sites for hydroxylation is 2. The highest BCUT2D eigenvalue weighted by Crippen LogP contribution is 2.24. The van der Waals surface area contributed by atoms with Crippen molar-refractivity contribution < 1.29 is 0 Å². The molecular weight excluding hydrogens is 256 g/mol. The lowest BCUT2D eigenvalue weighted by Crippen LogP contribution is -2.14. The molecule has 1 atom stereocenters. The zero-order valence-corrected chi connectivity index (χ0v) is 12.5. The quantitative estimate of drug-likeness (QED) is 0.782. The van der Waals surface area contributed by atoms with E-state index in [9.17, 15) is 0 Å². The molecule has 0 spiro atoms. The van der Waals surface area contributed by atoms with Crippen LogP contribution in [-0.4, -0.2) is 4.98 Å². The Bertz CT molecular complexity index is 752. The minimum absolute atomic E-state index is 0.0147. The van der Waals surface area contributed by atoms with Crippen LogP contribution in [-0.2, 0) is 6.42 Å². The third-order valence-electron chi connectivity index (χ3n) is 3.82. The van der Waals surface area contributed by atoms with Gasteiger partial charge in [-0.25, -0.2) is 0 Å². The lowest BCUT2D eigenvalue weighted by molar-refractivity contribution is 0.727. The second kappa shape index (κ2) is 5.66. The fourth-order valence-electron chi connectivity index (χ4n) is 3.00. The van der Waals surface area contributed by atoms with Crippen molar-refractivity contribution in [1.29, 1.82) is 0 Å². The van der Waals surface area contributed by atoms with Crippen molar-refractivity contribution >= 4 is 10.9 Å². The fraction of sp³-hybridized carbons (Fsp3) is 0.211. The van der Waals surface area contributed by atoms with Crippen molar-refractivity contribution in [3.8, 4) is 0 Å². The summed E-state index contributed by atoms with van der Waals surface area (Å²) in [5, 5.41) is 1.15. The van der Waals surface area contributed by atoms with Gasteiger partial charge in [0, 0.05) is 17.6 Å². The van der Waals surface area contributed by atoms with Gasteiger partial charge in [0.25, 0.3) is 0 Å². The molecule has 1 aromatic heterocycles. The van der Waals surface area contributed by atoms with Crippen molar-refractivity contribution in [1.82, 2.24) is 4.98 Å². The van der Waals surface area contributed by atoms with Crippen LogP contribution in [0.2, 0.25) is 0 Å². The van der Waals surface area contributed by atoms with E-state index < -0.39 is 0 Å². The largest absolute Gasteiger partial charge is 0.324 e. The predicted octanol–water partition coefficient (Wildman–Crippen LogP) is 4.09. The topological polar surface area (TPSA) is 38.9 Å². The summed E-state index contributed by atoms with van der Waals surface area (Å²) in [6.45, 7) is 4.26. The predicted molar refractivity (Wildman–Crippen MR) is 88.3 cm³/mol. The summed E-state index contributed by atoms with van der Waals surface area (Å²) >= 11 is 0. The second-order valence-corrected chi connectivity index (χ2v) is 5.72. The molecule has 0 saturated heterocycles. The maximum absolute atomic E-state index is 6.47. The highest BCUT2D eigenvalue weighted by Gasteiger charge is 2.11. The Labute approximate surface area is 125 Å². The van der Waals surface area contributed by atoms with Crippen molar-refractivity contribution in [3.63, 3.8) is 0 Å². The molecule has 21 heavy (non-hydrogen) atoms. The first kappa shape index (κ1) is 13.8. The minimum Gasteiger partial charge on any atom is -0.324 e. The smallest absolute Gasteiger partial charge is 0.0705 e. The summed E-state index contributed by atoms with van der Waals surface area (Å²) in [4.78, 5) is 4.40. The molecular formula is C19H20N2. The van der Waals surface area contributed by atoms with Crippen LogP contribution in [0.3, 0.4) is 0 Å². The van der Waals surface area contributed by atoms with E-state index in [0.717, 1.165) is 17.3 Å². The van der Waals surface area contributed by atoms with Crippen LogP contribution in [0, 0.1) is 13.8 Å².